The summed E-state index contributed by atoms with van der Waals surface area (Å²) in [6.07, 6.45) is -8.70. The van der Waals surface area contributed by atoms with Crippen molar-refractivity contribution >= 4 is 11.7 Å². The van der Waals surface area contributed by atoms with E-state index in [4.69, 9.17) is 4.42 Å². The zero-order valence-electron chi connectivity index (χ0n) is 15.4. The van der Waals surface area contributed by atoms with Crippen LogP contribution >= 0.6 is 0 Å². The van der Waals surface area contributed by atoms with E-state index < -0.39 is 35.0 Å². The Labute approximate surface area is 166 Å². The number of halogens is 6. The van der Waals surface area contributed by atoms with E-state index in [1.807, 2.05) is 0 Å². The molecule has 30 heavy (non-hydrogen) atoms. The van der Waals surface area contributed by atoms with Gasteiger partial charge in [-0.25, -0.2) is 0 Å². The molecular formula is C19H16F6N2O3. The number of piperazine rings is 1. The summed E-state index contributed by atoms with van der Waals surface area (Å²) >= 11 is 0. The highest BCUT2D eigenvalue weighted by molar-refractivity contribution is 5.95. The van der Waals surface area contributed by atoms with Crippen LogP contribution in [0, 0.1) is 0 Å². The highest BCUT2D eigenvalue weighted by Gasteiger charge is 2.38. The summed E-state index contributed by atoms with van der Waals surface area (Å²) in [5.41, 5.74) is -3.76. The molecule has 0 bridgehead atoms. The van der Waals surface area contributed by atoms with Crippen molar-refractivity contribution in [1.29, 1.82) is 0 Å². The van der Waals surface area contributed by atoms with Crippen LogP contribution < -0.4 is 0 Å². The first-order chi connectivity index (χ1) is 13.9. The standard InChI is InChI=1S/C19H16F6N2O3/c20-18(21,22)13-8-12(9-14(10-13)19(23,24)25)17(29)27-5-3-26(4-6-27)11-15(28)16-2-1-7-30-16/h1-2,7-10H,3-6,11H2. The van der Waals surface area contributed by atoms with E-state index in [1.54, 1.807) is 11.0 Å². The SMILES string of the molecule is O=C(CN1CCN(C(=O)c2cc(C(F)(F)F)cc(C(F)(F)F)c2)CC1)c1ccco1. The van der Waals surface area contributed by atoms with Gasteiger partial charge in [0.2, 0.25) is 5.78 Å². The maximum atomic E-state index is 13.0. The first-order valence-corrected chi connectivity index (χ1v) is 8.83. The van der Waals surface area contributed by atoms with Crippen LogP contribution in [0.1, 0.15) is 32.0 Å². The van der Waals surface area contributed by atoms with Gasteiger partial charge in [-0.2, -0.15) is 26.3 Å². The third-order valence-corrected chi connectivity index (χ3v) is 4.66. The van der Waals surface area contributed by atoms with Crippen molar-refractivity contribution in [2.75, 3.05) is 32.7 Å². The molecule has 1 aliphatic rings. The van der Waals surface area contributed by atoms with E-state index >= 15 is 0 Å². The molecule has 162 valence electrons. The number of nitrogens with zero attached hydrogens (tertiary/aromatic N) is 2. The van der Waals surface area contributed by atoms with Gasteiger partial charge in [0.25, 0.3) is 5.91 Å². The lowest BCUT2D eigenvalue weighted by Gasteiger charge is -2.34. The Kier molecular flexibility index (Phi) is 5.93. The van der Waals surface area contributed by atoms with Crippen molar-refractivity contribution in [3.8, 4) is 0 Å². The minimum atomic E-state index is -5.03. The Hall–Kier alpha value is -2.82. The second-order valence-electron chi connectivity index (χ2n) is 6.76. The number of carbonyl (C=O) groups is 2. The van der Waals surface area contributed by atoms with Gasteiger partial charge < -0.3 is 9.32 Å². The first-order valence-electron chi connectivity index (χ1n) is 8.83. The second-order valence-corrected chi connectivity index (χ2v) is 6.76. The Balaban J connectivity index is 1.71. The Morgan fingerprint density at radius 3 is 1.93 bits per heavy atom. The number of ketones is 1. The lowest BCUT2D eigenvalue weighted by molar-refractivity contribution is -0.143. The molecule has 0 aliphatic carbocycles. The van der Waals surface area contributed by atoms with Crippen LogP contribution in [0.2, 0.25) is 0 Å². The fourth-order valence-electron chi connectivity index (χ4n) is 3.09. The van der Waals surface area contributed by atoms with Gasteiger partial charge in [0, 0.05) is 31.7 Å². The molecular weight excluding hydrogens is 418 g/mol. The monoisotopic (exact) mass is 434 g/mol. The Morgan fingerprint density at radius 1 is 0.900 bits per heavy atom. The maximum absolute atomic E-state index is 13.0. The molecule has 2 heterocycles. The van der Waals surface area contributed by atoms with Crippen LogP contribution in [-0.4, -0.2) is 54.2 Å². The molecule has 2 aromatic rings. The molecule has 0 atom stereocenters. The largest absolute Gasteiger partial charge is 0.461 e. The lowest BCUT2D eigenvalue weighted by Crippen LogP contribution is -2.50. The molecule has 0 radical (unpaired) electrons. The number of Topliss-reactive ketones (excluding diaryl/α,β-unsaturated/α-hetero) is 1. The van der Waals surface area contributed by atoms with Gasteiger partial charge in [-0.05, 0) is 30.3 Å². The highest BCUT2D eigenvalue weighted by atomic mass is 19.4. The van der Waals surface area contributed by atoms with Gasteiger partial charge in [-0.1, -0.05) is 0 Å². The minimum absolute atomic E-state index is 0.0189. The Morgan fingerprint density at radius 2 is 1.47 bits per heavy atom. The van der Waals surface area contributed by atoms with Crippen LogP contribution in [0.5, 0.6) is 0 Å². The second kappa shape index (κ2) is 8.13. The molecule has 1 aromatic heterocycles. The fourth-order valence-corrected chi connectivity index (χ4v) is 3.09. The number of furan rings is 1. The summed E-state index contributed by atoms with van der Waals surface area (Å²) in [7, 11) is 0. The Bertz CT molecular complexity index is 881. The molecule has 1 aromatic carbocycles. The summed E-state index contributed by atoms with van der Waals surface area (Å²) in [5, 5.41) is 0. The summed E-state index contributed by atoms with van der Waals surface area (Å²) in [6.45, 7) is 0.619. The van der Waals surface area contributed by atoms with Crippen molar-refractivity contribution in [1.82, 2.24) is 9.80 Å². The summed E-state index contributed by atoms with van der Waals surface area (Å²) < 4.78 is 83.0. The molecule has 1 aliphatic heterocycles. The van der Waals surface area contributed by atoms with Gasteiger partial charge in [-0.3, -0.25) is 14.5 Å². The third-order valence-electron chi connectivity index (χ3n) is 4.66. The number of rotatable bonds is 4. The van der Waals surface area contributed by atoms with Crippen LogP contribution in [0.15, 0.2) is 41.0 Å². The van der Waals surface area contributed by atoms with Crippen molar-refractivity contribution < 1.29 is 40.3 Å². The smallest absolute Gasteiger partial charge is 0.416 e. The van der Waals surface area contributed by atoms with Gasteiger partial charge in [0.1, 0.15) is 0 Å². The van der Waals surface area contributed by atoms with Crippen molar-refractivity contribution in [2.24, 2.45) is 0 Å². The molecule has 1 fully saturated rings. The molecule has 1 saturated heterocycles. The molecule has 0 spiro atoms. The van der Waals surface area contributed by atoms with Crippen molar-refractivity contribution in [2.45, 2.75) is 12.4 Å². The van der Waals surface area contributed by atoms with Crippen LogP contribution in [0.3, 0.4) is 0 Å². The average Bonchev–Trinajstić information content (AvgIpc) is 3.21. The number of carbonyl (C=O) groups excluding carboxylic acids is 2. The molecule has 0 saturated carbocycles. The molecule has 0 N–H and O–H groups in total. The molecule has 5 nitrogen and oxygen atoms in total. The summed E-state index contributed by atoms with van der Waals surface area (Å²) in [6, 6.07) is 3.89. The fraction of sp³-hybridized carbons (Fsp3) is 0.368. The zero-order chi connectivity index (χ0) is 22.1. The van der Waals surface area contributed by atoms with Gasteiger partial charge in [0.15, 0.2) is 5.76 Å². The predicted molar refractivity (Wildman–Crippen MR) is 91.8 cm³/mol. The van der Waals surface area contributed by atoms with Crippen LogP contribution in [0.25, 0.3) is 0 Å². The quantitative estimate of drug-likeness (QED) is 0.540. The van der Waals surface area contributed by atoms with E-state index in [-0.39, 0.29) is 50.3 Å². The molecule has 11 heteroatoms. The van der Waals surface area contributed by atoms with Crippen LogP contribution in [-0.2, 0) is 12.4 Å². The number of benzene rings is 1. The van der Waals surface area contributed by atoms with E-state index in [0.717, 1.165) is 0 Å². The van der Waals surface area contributed by atoms with Gasteiger partial charge in [-0.15, -0.1) is 0 Å². The van der Waals surface area contributed by atoms with Crippen LogP contribution in [0.4, 0.5) is 26.3 Å². The number of alkyl halides is 6. The number of hydrogen-bond acceptors (Lipinski definition) is 4. The van der Waals surface area contributed by atoms with E-state index in [0.29, 0.717) is 12.1 Å². The van der Waals surface area contributed by atoms with E-state index in [2.05, 4.69) is 0 Å². The maximum Gasteiger partial charge on any atom is 0.416 e. The predicted octanol–water partition coefficient (Wildman–Crippen LogP) is 3.96. The van der Waals surface area contributed by atoms with E-state index in [9.17, 15) is 35.9 Å². The number of hydrogen-bond donors (Lipinski definition) is 0. The average molecular weight is 434 g/mol. The van der Waals surface area contributed by atoms with Crippen molar-refractivity contribution in [3.63, 3.8) is 0 Å². The lowest BCUT2D eigenvalue weighted by atomic mass is 10.0. The molecule has 0 unspecified atom stereocenters. The zero-order valence-corrected chi connectivity index (χ0v) is 15.4. The number of amides is 1. The summed E-state index contributed by atoms with van der Waals surface area (Å²) in [4.78, 5) is 27.5. The normalized spacial score (nSPS) is 16.0. The van der Waals surface area contributed by atoms with Crippen molar-refractivity contribution in [3.05, 3.63) is 59.0 Å². The molecule has 1 amide bonds. The van der Waals surface area contributed by atoms with E-state index in [1.165, 1.54) is 17.2 Å². The van der Waals surface area contributed by atoms with Gasteiger partial charge >= 0.3 is 12.4 Å². The third kappa shape index (κ3) is 5.02. The minimum Gasteiger partial charge on any atom is -0.461 e. The summed E-state index contributed by atoms with van der Waals surface area (Å²) in [5.74, 6) is -1.02. The highest BCUT2D eigenvalue weighted by Crippen LogP contribution is 2.36. The topological polar surface area (TPSA) is 53.8 Å². The molecule has 3 rings (SSSR count). The first kappa shape index (κ1) is 21.9. The van der Waals surface area contributed by atoms with Gasteiger partial charge in [0.05, 0.1) is 23.9 Å².